The predicted octanol–water partition coefficient (Wildman–Crippen LogP) is 5.99. The van der Waals surface area contributed by atoms with Crippen molar-refractivity contribution in [3.05, 3.63) is 29.3 Å². The van der Waals surface area contributed by atoms with Crippen molar-refractivity contribution in [3.8, 4) is 5.75 Å². The van der Waals surface area contributed by atoms with Gasteiger partial charge in [-0.3, -0.25) is 0 Å². The molecule has 1 atom stereocenters. The fourth-order valence-corrected chi connectivity index (χ4v) is 2.92. The molecule has 1 aromatic carbocycles. The van der Waals surface area contributed by atoms with Gasteiger partial charge in [0, 0.05) is 5.56 Å². The largest absolute Gasteiger partial charge is 0.475 e. The number of halogens is 9. The Morgan fingerprint density at radius 1 is 1.20 bits per heavy atom. The molecule has 1 aliphatic heterocycles. The molecule has 0 radical (unpaired) electrons. The summed E-state index contributed by atoms with van der Waals surface area (Å²) in [6.45, 7) is 0. The van der Waals surface area contributed by atoms with Crippen LogP contribution in [-0.2, 0) is 9.53 Å². The highest BCUT2D eigenvalue weighted by atomic mass is 127. The average molecular weight is 510 g/mol. The van der Waals surface area contributed by atoms with Gasteiger partial charge in [0.2, 0.25) is 6.10 Å². The summed E-state index contributed by atoms with van der Waals surface area (Å²) in [7, 11) is -10.0. The van der Waals surface area contributed by atoms with E-state index in [9.17, 15) is 37.4 Å². The molecule has 1 aliphatic rings. The molecule has 0 N–H and O–H groups in total. The van der Waals surface area contributed by atoms with Crippen LogP contribution in [-0.4, -0.2) is 22.9 Å². The van der Waals surface area contributed by atoms with Crippen LogP contribution in [0.1, 0.15) is 5.56 Å². The van der Waals surface area contributed by atoms with E-state index in [1.165, 1.54) is 22.6 Å². The zero-order valence-electron chi connectivity index (χ0n) is 11.6. The topological polar surface area (TPSA) is 35.5 Å². The summed E-state index contributed by atoms with van der Waals surface area (Å²) < 4.78 is 112. The van der Waals surface area contributed by atoms with Crippen molar-refractivity contribution in [1.82, 2.24) is 0 Å². The van der Waals surface area contributed by atoms with Crippen LogP contribution in [0.2, 0.25) is 0 Å². The van der Waals surface area contributed by atoms with Gasteiger partial charge in [-0.1, -0.05) is 19.4 Å². The molecule has 0 saturated carbocycles. The van der Waals surface area contributed by atoms with E-state index in [0.29, 0.717) is 12.1 Å². The second-order valence-corrected chi connectivity index (χ2v) is 7.88. The van der Waals surface area contributed by atoms with E-state index in [4.69, 9.17) is 0 Å². The third-order valence-electron chi connectivity index (χ3n) is 2.98. The first kappa shape index (κ1) is 20.1. The number of ether oxygens (including phenoxy) is 2. The van der Waals surface area contributed by atoms with Crippen molar-refractivity contribution in [2.45, 2.75) is 17.2 Å². The van der Waals surface area contributed by atoms with Gasteiger partial charge < -0.3 is 9.47 Å². The number of hydrogen-bond acceptors (Lipinski definition) is 3. The molecule has 0 unspecified atom stereocenters. The second kappa shape index (κ2) is 5.37. The molecule has 0 spiro atoms. The summed E-state index contributed by atoms with van der Waals surface area (Å²) in [5, 5.41) is 0. The first-order chi connectivity index (χ1) is 11.0. The van der Waals surface area contributed by atoms with E-state index in [1.807, 2.05) is 0 Å². The molecule has 0 fully saturated rings. The Morgan fingerprint density at radius 2 is 1.80 bits per heavy atom. The first-order valence-corrected chi connectivity index (χ1v) is 9.57. The number of rotatable bonds is 3. The van der Waals surface area contributed by atoms with E-state index in [1.54, 1.807) is 0 Å². The van der Waals surface area contributed by atoms with Crippen molar-refractivity contribution in [1.29, 1.82) is 0 Å². The second-order valence-electron chi connectivity index (χ2n) is 4.85. The maximum Gasteiger partial charge on any atom is 0.430 e. The number of carbonyl (C=O) groups excluding carboxylic acids is 1. The molecule has 1 heterocycles. The van der Waals surface area contributed by atoms with Crippen molar-refractivity contribution in [3.63, 3.8) is 0 Å². The van der Waals surface area contributed by atoms with Crippen LogP contribution in [0.15, 0.2) is 28.7 Å². The van der Waals surface area contributed by atoms with Crippen molar-refractivity contribution in [2.75, 3.05) is 4.61 Å². The Morgan fingerprint density at radius 3 is 2.28 bits per heavy atom. The van der Waals surface area contributed by atoms with E-state index in [0.717, 1.165) is 0 Å². The van der Waals surface area contributed by atoms with Crippen LogP contribution in [0.5, 0.6) is 5.75 Å². The number of benzene rings is 1. The number of hydrogen-bond donors (Lipinski definition) is 0. The highest BCUT2D eigenvalue weighted by molar-refractivity contribution is 14.1. The first-order valence-electron chi connectivity index (χ1n) is 6.09. The number of esters is 1. The predicted molar refractivity (Wildman–Crippen MR) is 81.3 cm³/mol. The highest BCUT2D eigenvalue weighted by Gasteiger charge is 2.65. The molecule has 142 valence electrons. The van der Waals surface area contributed by atoms with E-state index >= 15 is 0 Å². The summed E-state index contributed by atoms with van der Waals surface area (Å²) >= 11 is 1.51. The van der Waals surface area contributed by atoms with Crippen LogP contribution in [0, 0.1) is 0 Å². The minimum absolute atomic E-state index is 0.0686. The van der Waals surface area contributed by atoms with Crippen LogP contribution >= 0.6 is 32.8 Å². The lowest BCUT2D eigenvalue weighted by Gasteiger charge is -2.41. The molecule has 0 aliphatic carbocycles. The Bertz CT molecular complexity index is 756. The van der Waals surface area contributed by atoms with Gasteiger partial charge in [0.05, 0.1) is 5.57 Å². The van der Waals surface area contributed by atoms with Gasteiger partial charge in [0.1, 0.15) is 15.3 Å². The molecule has 25 heavy (non-hydrogen) atoms. The zero-order chi connectivity index (χ0) is 19.3. The van der Waals surface area contributed by atoms with Gasteiger partial charge in [0.15, 0.2) is 0 Å². The minimum atomic E-state index is -10.0. The fourth-order valence-electron chi connectivity index (χ4n) is 1.96. The minimum Gasteiger partial charge on any atom is -0.475 e. The third-order valence-corrected chi connectivity index (χ3v) is 4.44. The maximum absolute atomic E-state index is 13.0. The molecule has 0 bridgehead atoms. The molecule has 0 amide bonds. The van der Waals surface area contributed by atoms with Crippen LogP contribution in [0.3, 0.4) is 0 Å². The van der Waals surface area contributed by atoms with Crippen molar-refractivity contribution >= 4 is 44.9 Å². The highest BCUT2D eigenvalue weighted by Crippen LogP contribution is 3.02. The Balaban J connectivity index is 2.61. The summed E-state index contributed by atoms with van der Waals surface area (Å²) in [5.41, 5.74) is -1.89. The molecule has 0 aromatic heterocycles. The van der Waals surface area contributed by atoms with E-state index < -0.39 is 50.3 Å². The lowest BCUT2D eigenvalue weighted by atomic mass is 10.0. The van der Waals surface area contributed by atoms with Crippen LogP contribution in [0.25, 0.3) is 6.08 Å². The molecule has 0 saturated heterocycles. The fraction of sp³-hybridized carbons (Fsp3) is 0.250. The average Bonchev–Trinajstić information content (AvgIpc) is 2.42. The standard InChI is InChI=1S/C12H7F8IO3S/c13-12(14,15)10-8(11(22)23-5-21)4-6-3-7(1-2-9(6)24-10)25(16,17,18,19)20/h1-4,10H,5H2/t10-/m0/s1. The van der Waals surface area contributed by atoms with E-state index in [2.05, 4.69) is 9.47 Å². The van der Waals surface area contributed by atoms with Gasteiger partial charge in [-0.15, -0.1) is 0 Å². The normalized spacial score (nSPS) is 20.5. The lowest BCUT2D eigenvalue weighted by molar-refractivity contribution is -0.187. The van der Waals surface area contributed by atoms with Gasteiger partial charge in [-0.2, -0.15) is 13.2 Å². The maximum atomic E-state index is 13.0. The molecule has 1 aromatic rings. The summed E-state index contributed by atoms with van der Waals surface area (Å²) in [6.07, 6.45) is -7.47. The third kappa shape index (κ3) is 4.48. The summed E-state index contributed by atoms with van der Waals surface area (Å²) in [5.74, 6) is -2.21. The van der Waals surface area contributed by atoms with Crippen LogP contribution in [0.4, 0.5) is 32.6 Å². The SMILES string of the molecule is O=C(OCI)C1=Cc2cc(S(F)(F)(F)(F)F)ccc2O[C@@H]1C(F)(F)F. The zero-order valence-corrected chi connectivity index (χ0v) is 14.6. The van der Waals surface area contributed by atoms with Gasteiger partial charge in [0.25, 0.3) is 0 Å². The van der Waals surface area contributed by atoms with Crippen LogP contribution < -0.4 is 4.74 Å². The summed E-state index contributed by atoms with van der Waals surface area (Å²) in [4.78, 5) is 9.32. The Labute approximate surface area is 148 Å². The monoisotopic (exact) mass is 510 g/mol. The lowest BCUT2D eigenvalue weighted by Crippen LogP contribution is -2.40. The summed E-state index contributed by atoms with van der Waals surface area (Å²) in [6, 6.07) is 0.203. The smallest absolute Gasteiger partial charge is 0.430 e. The molecular formula is C12H7F8IO3S. The molecule has 13 heteroatoms. The van der Waals surface area contributed by atoms with Gasteiger partial charge in [-0.05, 0) is 46.9 Å². The quantitative estimate of drug-likeness (QED) is 0.217. The molecule has 3 nitrogen and oxygen atoms in total. The van der Waals surface area contributed by atoms with Gasteiger partial charge >= 0.3 is 22.4 Å². The van der Waals surface area contributed by atoms with Gasteiger partial charge in [-0.25, -0.2) is 4.79 Å². The number of carbonyl (C=O) groups is 1. The number of alkyl halides is 4. The molecular weight excluding hydrogens is 503 g/mol. The molecule has 2 rings (SSSR count). The number of fused-ring (bicyclic) bond motifs is 1. The Hall–Kier alpha value is -1.25. The Kier molecular flexibility index (Phi) is 4.31. The van der Waals surface area contributed by atoms with Crippen molar-refractivity contribution in [2.24, 2.45) is 0 Å². The van der Waals surface area contributed by atoms with E-state index in [-0.39, 0.29) is 16.7 Å². The van der Waals surface area contributed by atoms with Crippen molar-refractivity contribution < 1.29 is 46.9 Å².